The summed E-state index contributed by atoms with van der Waals surface area (Å²) >= 11 is 0. The normalized spacial score (nSPS) is 14.5. The zero-order valence-electron chi connectivity index (χ0n) is 18.6. The summed E-state index contributed by atoms with van der Waals surface area (Å²) in [5, 5.41) is 6.17. The Bertz CT molecular complexity index is 1140. The highest BCUT2D eigenvalue weighted by atomic mass is 32.2. The maximum atomic E-state index is 12.8. The summed E-state index contributed by atoms with van der Waals surface area (Å²) in [5.74, 6) is 0.839. The summed E-state index contributed by atoms with van der Waals surface area (Å²) < 4.78 is 36.1. The number of benzene rings is 2. The molecule has 0 aliphatic carbocycles. The van der Waals surface area contributed by atoms with Crippen molar-refractivity contribution in [2.24, 2.45) is 5.73 Å². The van der Waals surface area contributed by atoms with Crippen molar-refractivity contribution in [3.8, 4) is 11.5 Å². The molecule has 3 rings (SSSR count). The van der Waals surface area contributed by atoms with Gasteiger partial charge in [0.2, 0.25) is 10.0 Å². The summed E-state index contributed by atoms with van der Waals surface area (Å²) in [6.07, 6.45) is 1.72. The van der Waals surface area contributed by atoms with Crippen LogP contribution in [0.1, 0.15) is 18.9 Å². The third-order valence-electron chi connectivity index (χ3n) is 5.11. The summed E-state index contributed by atoms with van der Waals surface area (Å²) in [7, 11) is -0.353. The van der Waals surface area contributed by atoms with Crippen LogP contribution in [0.2, 0.25) is 0 Å². The third kappa shape index (κ3) is 4.66. The summed E-state index contributed by atoms with van der Waals surface area (Å²) in [6.45, 7) is 2.35. The Morgan fingerprint density at radius 2 is 1.75 bits per heavy atom. The number of allylic oxidation sites excluding steroid dienone is 1. The first-order valence-corrected chi connectivity index (χ1v) is 11.9. The van der Waals surface area contributed by atoms with Crippen molar-refractivity contribution < 1.29 is 22.7 Å². The fourth-order valence-corrected chi connectivity index (χ4v) is 4.55. The van der Waals surface area contributed by atoms with E-state index in [1.807, 2.05) is 6.92 Å². The molecule has 0 saturated carbocycles. The van der Waals surface area contributed by atoms with Gasteiger partial charge in [-0.3, -0.25) is 9.10 Å². The van der Waals surface area contributed by atoms with Crippen LogP contribution in [0.3, 0.4) is 0 Å². The van der Waals surface area contributed by atoms with E-state index < -0.39 is 10.0 Å². The molecule has 4 N–H and O–H groups in total. The molecule has 0 fully saturated rings. The van der Waals surface area contributed by atoms with Gasteiger partial charge in [0, 0.05) is 36.1 Å². The topological polar surface area (TPSA) is 123 Å². The third-order valence-corrected chi connectivity index (χ3v) is 6.30. The van der Waals surface area contributed by atoms with Crippen LogP contribution in [0, 0.1) is 0 Å². The van der Waals surface area contributed by atoms with Crippen molar-refractivity contribution in [1.82, 2.24) is 0 Å². The number of nitrogens with one attached hydrogen (secondary N) is 2. The zero-order valence-corrected chi connectivity index (χ0v) is 19.4. The molecule has 2 aromatic rings. The fourth-order valence-electron chi connectivity index (χ4n) is 3.61. The SMILES string of the molecule is CCC(Nc1ccc(N(CCN)S(C)(=O)=O)cc1)=C1C(=O)Nc2cc(OC)c(OC)cc21. The maximum absolute atomic E-state index is 12.8. The highest BCUT2D eigenvalue weighted by Crippen LogP contribution is 2.42. The molecule has 0 aromatic heterocycles. The zero-order chi connectivity index (χ0) is 23.5. The molecular weight excluding hydrogens is 432 g/mol. The number of anilines is 3. The van der Waals surface area contributed by atoms with E-state index in [9.17, 15) is 13.2 Å². The number of fused-ring (bicyclic) bond motifs is 1. The number of rotatable bonds is 9. The van der Waals surface area contributed by atoms with E-state index in [0.717, 1.165) is 23.2 Å². The molecule has 0 bridgehead atoms. The molecule has 0 atom stereocenters. The Morgan fingerprint density at radius 1 is 1.12 bits per heavy atom. The maximum Gasteiger partial charge on any atom is 0.258 e. The molecule has 0 saturated heterocycles. The van der Waals surface area contributed by atoms with Gasteiger partial charge in [0.25, 0.3) is 5.91 Å². The van der Waals surface area contributed by atoms with Crippen LogP contribution >= 0.6 is 0 Å². The number of ether oxygens (including phenoxy) is 2. The number of hydrogen-bond donors (Lipinski definition) is 3. The number of amides is 1. The van der Waals surface area contributed by atoms with E-state index in [2.05, 4.69) is 10.6 Å². The number of methoxy groups -OCH3 is 2. The average molecular weight is 461 g/mol. The number of nitrogens with zero attached hydrogens (tertiary/aromatic N) is 1. The van der Waals surface area contributed by atoms with Crippen LogP contribution in [0.15, 0.2) is 42.1 Å². The van der Waals surface area contributed by atoms with Gasteiger partial charge in [-0.15, -0.1) is 0 Å². The standard InChI is InChI=1S/C22H28N4O5S/c1-5-17(21-16-12-19(30-2)20(31-3)13-18(16)25-22(21)27)24-14-6-8-15(9-7-14)26(11-10-23)32(4,28)29/h6-9,12-13,24H,5,10-11,23H2,1-4H3,(H,25,27). The van der Waals surface area contributed by atoms with Crippen molar-refractivity contribution in [3.63, 3.8) is 0 Å². The monoisotopic (exact) mass is 460 g/mol. The van der Waals surface area contributed by atoms with Crippen LogP contribution in [0.25, 0.3) is 5.57 Å². The highest BCUT2D eigenvalue weighted by Gasteiger charge is 2.29. The number of hydrogen-bond acceptors (Lipinski definition) is 7. The second-order valence-corrected chi connectivity index (χ2v) is 9.12. The second-order valence-electron chi connectivity index (χ2n) is 7.21. The lowest BCUT2D eigenvalue weighted by Crippen LogP contribution is -2.34. The van der Waals surface area contributed by atoms with E-state index in [-0.39, 0.29) is 19.0 Å². The molecule has 0 unspecified atom stereocenters. The van der Waals surface area contributed by atoms with Gasteiger partial charge >= 0.3 is 0 Å². The first-order chi connectivity index (χ1) is 15.2. The predicted octanol–water partition coefficient (Wildman–Crippen LogP) is 2.61. The average Bonchev–Trinajstić information content (AvgIpc) is 3.09. The van der Waals surface area contributed by atoms with Gasteiger partial charge in [-0.2, -0.15) is 0 Å². The lowest BCUT2D eigenvalue weighted by Gasteiger charge is -2.22. The summed E-state index contributed by atoms with van der Waals surface area (Å²) in [4.78, 5) is 12.8. The minimum atomic E-state index is -3.44. The molecule has 10 heteroatoms. The number of nitrogens with two attached hydrogens (primary N) is 1. The van der Waals surface area contributed by atoms with E-state index in [4.69, 9.17) is 15.2 Å². The molecule has 1 heterocycles. The van der Waals surface area contributed by atoms with Crippen LogP contribution in [0.4, 0.5) is 17.1 Å². The van der Waals surface area contributed by atoms with Gasteiger partial charge in [-0.25, -0.2) is 8.42 Å². The predicted molar refractivity (Wildman–Crippen MR) is 127 cm³/mol. The summed E-state index contributed by atoms with van der Waals surface area (Å²) in [5.41, 5.74) is 9.42. The quantitative estimate of drug-likeness (QED) is 0.492. The highest BCUT2D eigenvalue weighted by molar-refractivity contribution is 7.92. The van der Waals surface area contributed by atoms with E-state index >= 15 is 0 Å². The molecule has 32 heavy (non-hydrogen) atoms. The van der Waals surface area contributed by atoms with Crippen molar-refractivity contribution in [2.75, 3.05) is 48.5 Å². The fraction of sp³-hybridized carbons (Fsp3) is 0.318. The van der Waals surface area contributed by atoms with Crippen molar-refractivity contribution in [3.05, 3.63) is 47.7 Å². The van der Waals surface area contributed by atoms with E-state index in [0.29, 0.717) is 34.9 Å². The van der Waals surface area contributed by atoms with Crippen molar-refractivity contribution in [1.29, 1.82) is 0 Å². The van der Waals surface area contributed by atoms with Gasteiger partial charge < -0.3 is 25.8 Å². The largest absolute Gasteiger partial charge is 0.493 e. The molecule has 1 aliphatic heterocycles. The number of carbonyl (C=O) groups is 1. The van der Waals surface area contributed by atoms with Crippen molar-refractivity contribution in [2.45, 2.75) is 13.3 Å². The minimum absolute atomic E-state index is 0.193. The second kappa shape index (κ2) is 9.49. The number of sulfonamides is 1. The lowest BCUT2D eigenvalue weighted by atomic mass is 10.0. The Kier molecular flexibility index (Phi) is 6.95. The molecule has 0 spiro atoms. The van der Waals surface area contributed by atoms with Gasteiger partial charge in [0.05, 0.1) is 37.4 Å². The van der Waals surface area contributed by atoms with Crippen LogP contribution in [0.5, 0.6) is 11.5 Å². The Morgan fingerprint density at radius 3 is 2.28 bits per heavy atom. The van der Waals surface area contributed by atoms with Crippen molar-refractivity contribution >= 4 is 38.6 Å². The van der Waals surface area contributed by atoms with Crippen LogP contribution in [-0.2, 0) is 14.8 Å². The molecule has 9 nitrogen and oxygen atoms in total. The van der Waals surface area contributed by atoms with Gasteiger partial charge in [-0.05, 0) is 36.8 Å². The molecular formula is C22H28N4O5S. The molecule has 172 valence electrons. The van der Waals surface area contributed by atoms with Crippen LogP contribution in [-0.4, -0.2) is 47.9 Å². The molecule has 1 aliphatic rings. The molecule has 0 radical (unpaired) electrons. The smallest absolute Gasteiger partial charge is 0.258 e. The van der Waals surface area contributed by atoms with E-state index in [1.54, 1.807) is 50.6 Å². The van der Waals surface area contributed by atoms with Crippen LogP contribution < -0.4 is 30.1 Å². The Hall–Kier alpha value is -3.24. The molecule has 1 amide bonds. The summed E-state index contributed by atoms with van der Waals surface area (Å²) in [6, 6.07) is 10.4. The van der Waals surface area contributed by atoms with Gasteiger partial charge in [-0.1, -0.05) is 6.92 Å². The number of carbonyl (C=O) groups excluding carboxylic acids is 1. The van der Waals surface area contributed by atoms with Gasteiger partial charge in [0.15, 0.2) is 11.5 Å². The molecule has 2 aromatic carbocycles. The Labute approximate surface area is 188 Å². The first kappa shape index (κ1) is 23.4. The van der Waals surface area contributed by atoms with E-state index in [1.165, 1.54) is 4.31 Å². The lowest BCUT2D eigenvalue weighted by molar-refractivity contribution is -0.110. The Balaban J connectivity index is 1.96. The minimum Gasteiger partial charge on any atom is -0.493 e. The van der Waals surface area contributed by atoms with Gasteiger partial charge in [0.1, 0.15) is 0 Å². The first-order valence-electron chi connectivity index (χ1n) is 10.1.